The molecular weight excluding hydrogens is 265 g/mol. The zero-order chi connectivity index (χ0) is 10.5. The lowest BCUT2D eigenvalue weighted by Crippen LogP contribution is -2.30. The smallest absolute Gasteiger partial charge is 0.133 e. The van der Waals surface area contributed by atoms with Crippen molar-refractivity contribution in [1.29, 1.82) is 0 Å². The van der Waals surface area contributed by atoms with E-state index in [0.29, 0.717) is 5.15 Å². The summed E-state index contributed by atoms with van der Waals surface area (Å²) in [5.41, 5.74) is 0. The third-order valence-corrected chi connectivity index (χ3v) is 3.84. The van der Waals surface area contributed by atoms with E-state index in [1.165, 1.54) is 25.7 Å². The summed E-state index contributed by atoms with van der Waals surface area (Å²) < 4.78 is 0. The maximum atomic E-state index is 5.79. The van der Waals surface area contributed by atoms with Crippen LogP contribution in [0.15, 0.2) is 17.4 Å². The predicted molar refractivity (Wildman–Crippen MR) is 70.6 cm³/mol. The largest absolute Gasteiger partial charge is 0.316 e. The van der Waals surface area contributed by atoms with Gasteiger partial charge in [0.1, 0.15) is 16.5 Å². The fourth-order valence-electron chi connectivity index (χ4n) is 1.67. The molecule has 0 saturated carbocycles. The van der Waals surface area contributed by atoms with E-state index in [9.17, 15) is 0 Å². The minimum atomic E-state index is 0. The minimum absolute atomic E-state index is 0. The lowest BCUT2D eigenvalue weighted by atomic mass is 10.0. The number of thioether (sulfide) groups is 1. The average Bonchev–Trinajstić information content (AvgIpc) is 2.28. The third-order valence-electron chi connectivity index (χ3n) is 2.47. The maximum absolute atomic E-state index is 5.79. The van der Waals surface area contributed by atoms with Crippen LogP contribution < -0.4 is 5.32 Å². The molecule has 2 rings (SSSR count). The number of nitrogens with zero attached hydrogens (tertiary/aromatic N) is 2. The monoisotopic (exact) mass is 279 g/mol. The van der Waals surface area contributed by atoms with Gasteiger partial charge in [-0.1, -0.05) is 11.6 Å². The lowest BCUT2D eigenvalue weighted by molar-refractivity contribution is 0.410. The zero-order valence-electron chi connectivity index (χ0n) is 8.86. The van der Waals surface area contributed by atoms with E-state index in [4.69, 9.17) is 11.6 Å². The first-order valence-corrected chi connectivity index (χ1v) is 6.52. The molecule has 2 heterocycles. The average molecular weight is 280 g/mol. The van der Waals surface area contributed by atoms with Crippen molar-refractivity contribution in [3.8, 4) is 0 Å². The van der Waals surface area contributed by atoms with E-state index >= 15 is 0 Å². The Labute approximate surface area is 111 Å². The van der Waals surface area contributed by atoms with Crippen molar-refractivity contribution >= 4 is 35.8 Å². The Kier molecular flexibility index (Phi) is 6.43. The van der Waals surface area contributed by atoms with Gasteiger partial charge in [-0.3, -0.25) is 0 Å². The molecule has 90 valence electrons. The third kappa shape index (κ3) is 4.45. The van der Waals surface area contributed by atoms with Crippen LogP contribution in [0.3, 0.4) is 0 Å². The van der Waals surface area contributed by atoms with Gasteiger partial charge in [-0.15, -0.1) is 24.2 Å². The molecular formula is C10H15Cl2N3S. The predicted octanol–water partition coefficient (Wildman–Crippen LogP) is 2.64. The Hall–Kier alpha value is -0.0300. The van der Waals surface area contributed by atoms with Crippen LogP contribution >= 0.6 is 35.8 Å². The van der Waals surface area contributed by atoms with Crippen LogP contribution in [-0.4, -0.2) is 28.8 Å². The first-order valence-electron chi connectivity index (χ1n) is 5.15. The van der Waals surface area contributed by atoms with Gasteiger partial charge in [0.25, 0.3) is 0 Å². The Bertz CT molecular complexity index is 319. The number of hydrogen-bond donors (Lipinski definition) is 1. The molecule has 0 aromatic carbocycles. The number of halogens is 2. The van der Waals surface area contributed by atoms with Gasteiger partial charge in [0.05, 0.1) is 0 Å². The number of rotatable bonds is 3. The van der Waals surface area contributed by atoms with Gasteiger partial charge < -0.3 is 5.32 Å². The molecule has 0 aliphatic carbocycles. The Morgan fingerprint density at radius 1 is 1.50 bits per heavy atom. The van der Waals surface area contributed by atoms with Crippen LogP contribution in [0.25, 0.3) is 0 Å². The van der Waals surface area contributed by atoms with Gasteiger partial charge in [-0.25, -0.2) is 9.97 Å². The van der Waals surface area contributed by atoms with E-state index in [0.717, 1.165) is 23.2 Å². The van der Waals surface area contributed by atoms with Crippen molar-refractivity contribution < 1.29 is 0 Å². The molecule has 1 saturated heterocycles. The number of piperidine rings is 1. The van der Waals surface area contributed by atoms with Crippen LogP contribution in [0, 0.1) is 5.92 Å². The Balaban J connectivity index is 0.00000128. The molecule has 0 radical (unpaired) electrons. The van der Waals surface area contributed by atoms with Crippen LogP contribution in [0.4, 0.5) is 0 Å². The van der Waals surface area contributed by atoms with Crippen LogP contribution in [-0.2, 0) is 0 Å². The molecule has 1 aliphatic heterocycles. The highest BCUT2D eigenvalue weighted by Crippen LogP contribution is 2.23. The highest BCUT2D eigenvalue weighted by atomic mass is 35.5. The highest BCUT2D eigenvalue weighted by molar-refractivity contribution is 7.99. The van der Waals surface area contributed by atoms with Gasteiger partial charge in [-0.2, -0.15) is 0 Å². The fraction of sp³-hybridized carbons (Fsp3) is 0.600. The van der Waals surface area contributed by atoms with Crippen LogP contribution in [0.2, 0.25) is 5.15 Å². The summed E-state index contributed by atoms with van der Waals surface area (Å²) in [6, 6.07) is 1.82. The number of hydrogen-bond acceptors (Lipinski definition) is 4. The van der Waals surface area contributed by atoms with Gasteiger partial charge in [-0.05, 0) is 31.8 Å². The quantitative estimate of drug-likeness (QED) is 0.682. The summed E-state index contributed by atoms with van der Waals surface area (Å²) in [6.07, 6.45) is 4.12. The molecule has 1 atom stereocenters. The zero-order valence-corrected chi connectivity index (χ0v) is 11.2. The SMILES string of the molecule is Cl.Clc1cc(SCC2CCCNC2)ncn1. The first-order chi connectivity index (χ1) is 7.34. The summed E-state index contributed by atoms with van der Waals surface area (Å²) in [5.74, 6) is 1.87. The topological polar surface area (TPSA) is 37.8 Å². The molecule has 6 heteroatoms. The molecule has 0 bridgehead atoms. The molecule has 1 unspecified atom stereocenters. The van der Waals surface area contributed by atoms with E-state index in [2.05, 4.69) is 15.3 Å². The minimum Gasteiger partial charge on any atom is -0.316 e. The summed E-state index contributed by atoms with van der Waals surface area (Å²) in [7, 11) is 0. The molecule has 1 aliphatic rings. The summed E-state index contributed by atoms with van der Waals surface area (Å²) in [5, 5.41) is 4.91. The van der Waals surface area contributed by atoms with Crippen molar-refractivity contribution in [2.75, 3.05) is 18.8 Å². The molecule has 0 spiro atoms. The normalized spacial score (nSPS) is 20.2. The maximum Gasteiger partial charge on any atom is 0.133 e. The first kappa shape index (κ1) is 14.0. The Morgan fingerprint density at radius 2 is 2.38 bits per heavy atom. The van der Waals surface area contributed by atoms with Crippen LogP contribution in [0.1, 0.15) is 12.8 Å². The summed E-state index contributed by atoms with van der Waals surface area (Å²) in [6.45, 7) is 2.30. The van der Waals surface area contributed by atoms with Crippen molar-refractivity contribution in [3.63, 3.8) is 0 Å². The van der Waals surface area contributed by atoms with Crippen molar-refractivity contribution in [2.24, 2.45) is 5.92 Å². The number of nitrogens with one attached hydrogen (secondary N) is 1. The molecule has 1 aromatic heterocycles. The molecule has 16 heavy (non-hydrogen) atoms. The van der Waals surface area contributed by atoms with Gasteiger partial charge >= 0.3 is 0 Å². The molecule has 1 fully saturated rings. The summed E-state index contributed by atoms with van der Waals surface area (Å²) in [4.78, 5) is 8.03. The second-order valence-corrected chi connectivity index (χ2v) is 5.13. The standard InChI is InChI=1S/C10H14ClN3S.ClH/c11-9-4-10(14-7-13-9)15-6-8-2-1-3-12-5-8;/h4,7-8,12H,1-3,5-6H2;1H. The van der Waals surface area contributed by atoms with E-state index in [1.54, 1.807) is 11.8 Å². The van der Waals surface area contributed by atoms with E-state index in [1.807, 2.05) is 6.07 Å². The molecule has 0 amide bonds. The second kappa shape index (κ2) is 7.33. The van der Waals surface area contributed by atoms with Crippen molar-refractivity contribution in [3.05, 3.63) is 17.5 Å². The van der Waals surface area contributed by atoms with E-state index < -0.39 is 0 Å². The van der Waals surface area contributed by atoms with E-state index in [-0.39, 0.29) is 12.4 Å². The highest BCUT2D eigenvalue weighted by Gasteiger charge is 2.13. The second-order valence-electron chi connectivity index (χ2n) is 3.70. The van der Waals surface area contributed by atoms with Gasteiger partial charge in [0.15, 0.2) is 0 Å². The molecule has 1 aromatic rings. The van der Waals surface area contributed by atoms with Crippen LogP contribution in [0.5, 0.6) is 0 Å². The molecule has 3 nitrogen and oxygen atoms in total. The Morgan fingerprint density at radius 3 is 3.06 bits per heavy atom. The fourth-order valence-corrected chi connectivity index (χ4v) is 2.89. The van der Waals surface area contributed by atoms with Gasteiger partial charge in [0.2, 0.25) is 0 Å². The van der Waals surface area contributed by atoms with Crippen molar-refractivity contribution in [1.82, 2.24) is 15.3 Å². The number of aromatic nitrogens is 2. The van der Waals surface area contributed by atoms with Crippen molar-refractivity contribution in [2.45, 2.75) is 17.9 Å². The summed E-state index contributed by atoms with van der Waals surface area (Å²) >= 11 is 7.56. The van der Waals surface area contributed by atoms with Gasteiger partial charge in [0, 0.05) is 11.8 Å². The lowest BCUT2D eigenvalue weighted by Gasteiger charge is -2.21. The molecule has 1 N–H and O–H groups in total.